The van der Waals surface area contributed by atoms with E-state index < -0.39 is 0 Å². The van der Waals surface area contributed by atoms with E-state index in [9.17, 15) is 0 Å². The highest BCUT2D eigenvalue weighted by Gasteiger charge is 2.25. The normalized spacial score (nSPS) is 18.6. The summed E-state index contributed by atoms with van der Waals surface area (Å²) in [6.45, 7) is 1.76. The predicted molar refractivity (Wildman–Crippen MR) is 74.7 cm³/mol. The summed E-state index contributed by atoms with van der Waals surface area (Å²) >= 11 is 5.95. The molecule has 1 aromatic carbocycles. The summed E-state index contributed by atoms with van der Waals surface area (Å²) in [6, 6.07) is 7.51. The lowest BCUT2D eigenvalue weighted by molar-refractivity contribution is 0.225. The fraction of sp³-hybridized carbons (Fsp3) is 0.286. The molecule has 1 atom stereocenters. The van der Waals surface area contributed by atoms with Gasteiger partial charge in [-0.15, -0.1) is 0 Å². The Hall–Kier alpha value is -1.81. The average molecular weight is 276 g/mol. The Balaban J connectivity index is 1.63. The molecule has 2 aromatic rings. The number of anilines is 1. The molecule has 0 radical (unpaired) electrons. The van der Waals surface area contributed by atoms with E-state index in [0.29, 0.717) is 5.02 Å². The van der Waals surface area contributed by atoms with Crippen LogP contribution in [-0.4, -0.2) is 29.2 Å². The van der Waals surface area contributed by atoms with Crippen LogP contribution in [0.4, 0.5) is 5.82 Å². The Morgan fingerprint density at radius 3 is 3.05 bits per heavy atom. The fourth-order valence-electron chi connectivity index (χ4n) is 2.22. The smallest absolute Gasteiger partial charge is 0.147 e. The van der Waals surface area contributed by atoms with Gasteiger partial charge in [-0.3, -0.25) is 4.98 Å². The van der Waals surface area contributed by atoms with Crippen LogP contribution in [0.1, 0.15) is 6.42 Å². The van der Waals surface area contributed by atoms with Crippen molar-refractivity contribution in [1.29, 1.82) is 0 Å². The molecule has 98 valence electrons. The van der Waals surface area contributed by atoms with E-state index in [-0.39, 0.29) is 6.10 Å². The molecule has 2 heterocycles. The minimum atomic E-state index is 0.167. The van der Waals surface area contributed by atoms with Gasteiger partial charge in [-0.2, -0.15) is 0 Å². The molecular weight excluding hydrogens is 262 g/mol. The van der Waals surface area contributed by atoms with E-state index in [1.54, 1.807) is 18.6 Å². The highest BCUT2D eigenvalue weighted by atomic mass is 35.5. The summed E-state index contributed by atoms with van der Waals surface area (Å²) in [5, 5.41) is 0.696. The zero-order chi connectivity index (χ0) is 13.1. The Labute approximate surface area is 117 Å². The first-order chi connectivity index (χ1) is 9.31. The Kier molecular flexibility index (Phi) is 3.51. The Bertz CT molecular complexity index is 549. The summed E-state index contributed by atoms with van der Waals surface area (Å²) in [6.07, 6.45) is 6.31. The third-order valence-electron chi connectivity index (χ3n) is 3.12. The third-order valence-corrected chi connectivity index (χ3v) is 3.35. The maximum Gasteiger partial charge on any atom is 0.147 e. The molecule has 4 nitrogen and oxygen atoms in total. The quantitative estimate of drug-likeness (QED) is 0.863. The first kappa shape index (κ1) is 12.2. The van der Waals surface area contributed by atoms with Crippen molar-refractivity contribution in [3.8, 4) is 5.75 Å². The molecule has 1 aromatic heterocycles. The van der Waals surface area contributed by atoms with Crippen LogP contribution in [0.15, 0.2) is 42.9 Å². The molecule has 0 amide bonds. The van der Waals surface area contributed by atoms with Crippen molar-refractivity contribution in [2.45, 2.75) is 12.5 Å². The van der Waals surface area contributed by atoms with E-state index >= 15 is 0 Å². The van der Waals surface area contributed by atoms with Crippen molar-refractivity contribution in [3.63, 3.8) is 0 Å². The molecule has 0 N–H and O–H groups in total. The first-order valence-corrected chi connectivity index (χ1v) is 6.62. The number of aromatic nitrogens is 2. The number of ether oxygens (including phenoxy) is 1. The van der Waals surface area contributed by atoms with Crippen molar-refractivity contribution < 1.29 is 4.74 Å². The summed E-state index contributed by atoms with van der Waals surface area (Å²) in [4.78, 5) is 10.6. The molecule has 1 aliphatic heterocycles. The van der Waals surface area contributed by atoms with Crippen molar-refractivity contribution in [3.05, 3.63) is 47.9 Å². The average Bonchev–Trinajstić information content (AvgIpc) is 2.88. The van der Waals surface area contributed by atoms with Gasteiger partial charge in [0.05, 0.1) is 12.7 Å². The standard InChI is InChI=1S/C14H14ClN3O/c15-11-2-1-3-12(8-11)19-13-4-7-18(10-13)14-9-16-5-6-17-14/h1-3,5-6,8-9,13H,4,7,10H2/t13-/m1/s1. The van der Waals surface area contributed by atoms with Gasteiger partial charge >= 0.3 is 0 Å². The van der Waals surface area contributed by atoms with Gasteiger partial charge in [0.25, 0.3) is 0 Å². The summed E-state index contributed by atoms with van der Waals surface area (Å²) in [5.74, 6) is 1.72. The number of hydrogen-bond donors (Lipinski definition) is 0. The van der Waals surface area contributed by atoms with Crippen LogP contribution in [0.5, 0.6) is 5.75 Å². The van der Waals surface area contributed by atoms with E-state index in [1.807, 2.05) is 24.3 Å². The third kappa shape index (κ3) is 2.96. The molecule has 1 fully saturated rings. The largest absolute Gasteiger partial charge is 0.488 e. The Morgan fingerprint density at radius 1 is 1.32 bits per heavy atom. The zero-order valence-electron chi connectivity index (χ0n) is 10.4. The topological polar surface area (TPSA) is 38.2 Å². The first-order valence-electron chi connectivity index (χ1n) is 6.24. The molecule has 0 bridgehead atoms. The van der Waals surface area contributed by atoms with E-state index in [1.165, 1.54) is 0 Å². The molecule has 5 heteroatoms. The lowest BCUT2D eigenvalue weighted by atomic mass is 10.3. The number of benzene rings is 1. The molecule has 1 saturated heterocycles. The minimum absolute atomic E-state index is 0.167. The monoisotopic (exact) mass is 275 g/mol. The fourth-order valence-corrected chi connectivity index (χ4v) is 2.40. The van der Waals surface area contributed by atoms with Crippen LogP contribution in [0, 0.1) is 0 Å². The van der Waals surface area contributed by atoms with Crippen LogP contribution in [0.25, 0.3) is 0 Å². The molecule has 1 aliphatic rings. The van der Waals surface area contributed by atoms with Gasteiger partial charge in [-0.25, -0.2) is 4.98 Å². The molecule has 3 rings (SSSR count). The second-order valence-electron chi connectivity index (χ2n) is 4.50. The number of halogens is 1. The molecule has 19 heavy (non-hydrogen) atoms. The van der Waals surface area contributed by atoms with Gasteiger partial charge < -0.3 is 9.64 Å². The molecule has 0 saturated carbocycles. The summed E-state index contributed by atoms with van der Waals surface area (Å²) in [7, 11) is 0. The molecule has 0 unspecified atom stereocenters. The number of nitrogens with zero attached hydrogens (tertiary/aromatic N) is 3. The lowest BCUT2D eigenvalue weighted by Crippen LogP contribution is -2.25. The Morgan fingerprint density at radius 2 is 2.26 bits per heavy atom. The van der Waals surface area contributed by atoms with Crippen LogP contribution in [-0.2, 0) is 0 Å². The molecule has 0 spiro atoms. The van der Waals surface area contributed by atoms with Crippen LogP contribution in [0.3, 0.4) is 0 Å². The van der Waals surface area contributed by atoms with E-state index in [0.717, 1.165) is 31.1 Å². The number of hydrogen-bond acceptors (Lipinski definition) is 4. The maximum atomic E-state index is 5.95. The highest BCUT2D eigenvalue weighted by molar-refractivity contribution is 6.30. The maximum absolute atomic E-state index is 5.95. The van der Waals surface area contributed by atoms with E-state index in [4.69, 9.17) is 16.3 Å². The lowest BCUT2D eigenvalue weighted by Gasteiger charge is -2.17. The van der Waals surface area contributed by atoms with E-state index in [2.05, 4.69) is 14.9 Å². The number of rotatable bonds is 3. The van der Waals surface area contributed by atoms with Crippen LogP contribution < -0.4 is 9.64 Å². The predicted octanol–water partition coefficient (Wildman–Crippen LogP) is 2.79. The van der Waals surface area contributed by atoms with Crippen molar-refractivity contribution in [2.24, 2.45) is 0 Å². The van der Waals surface area contributed by atoms with Crippen LogP contribution >= 0.6 is 11.6 Å². The van der Waals surface area contributed by atoms with Gasteiger partial charge in [0, 0.05) is 30.4 Å². The summed E-state index contributed by atoms with van der Waals surface area (Å²) < 4.78 is 5.93. The van der Waals surface area contributed by atoms with Crippen molar-refractivity contribution in [2.75, 3.05) is 18.0 Å². The molecule has 0 aliphatic carbocycles. The highest BCUT2D eigenvalue weighted by Crippen LogP contribution is 2.23. The van der Waals surface area contributed by atoms with Crippen molar-refractivity contribution >= 4 is 17.4 Å². The van der Waals surface area contributed by atoms with Gasteiger partial charge in [0.15, 0.2) is 0 Å². The van der Waals surface area contributed by atoms with Crippen molar-refractivity contribution in [1.82, 2.24) is 9.97 Å². The van der Waals surface area contributed by atoms with Gasteiger partial charge in [-0.1, -0.05) is 17.7 Å². The molecular formula is C14H14ClN3O. The van der Waals surface area contributed by atoms with Gasteiger partial charge in [0.1, 0.15) is 17.7 Å². The minimum Gasteiger partial charge on any atom is -0.488 e. The summed E-state index contributed by atoms with van der Waals surface area (Å²) in [5.41, 5.74) is 0. The second-order valence-corrected chi connectivity index (χ2v) is 4.93. The van der Waals surface area contributed by atoms with Gasteiger partial charge in [-0.05, 0) is 18.2 Å². The zero-order valence-corrected chi connectivity index (χ0v) is 11.1. The SMILES string of the molecule is Clc1cccc(O[C@@H]2CCN(c3cnccn3)C2)c1. The second kappa shape index (κ2) is 5.45. The van der Waals surface area contributed by atoms with Crippen LogP contribution in [0.2, 0.25) is 5.02 Å². The van der Waals surface area contributed by atoms with Gasteiger partial charge in [0.2, 0.25) is 0 Å².